The van der Waals surface area contributed by atoms with Gasteiger partial charge in [-0.3, -0.25) is 0 Å². The molecule has 1 N–H and O–H groups in total. The zero-order chi connectivity index (χ0) is 8.28. The van der Waals surface area contributed by atoms with E-state index in [1.165, 1.54) is 6.42 Å². The predicted octanol–water partition coefficient (Wildman–Crippen LogP) is 2.19. The van der Waals surface area contributed by atoms with E-state index in [2.05, 4.69) is 20.8 Å². The van der Waals surface area contributed by atoms with E-state index in [4.69, 9.17) is 0 Å². The summed E-state index contributed by atoms with van der Waals surface area (Å²) in [5.74, 6) is 1.53. The highest BCUT2D eigenvalue weighted by molar-refractivity contribution is 5.10. The molecule has 0 aromatic rings. The summed E-state index contributed by atoms with van der Waals surface area (Å²) in [4.78, 5) is 0. The summed E-state index contributed by atoms with van der Waals surface area (Å²) in [6.45, 7) is 6.70. The van der Waals surface area contributed by atoms with Crippen molar-refractivity contribution in [2.24, 2.45) is 17.3 Å². The Morgan fingerprint density at radius 3 is 2.18 bits per heavy atom. The molecule has 3 aliphatic rings. The van der Waals surface area contributed by atoms with Crippen LogP contribution in [0.3, 0.4) is 0 Å². The molecule has 1 heteroatoms. The quantitative estimate of drug-likeness (QED) is 0.567. The van der Waals surface area contributed by atoms with E-state index in [0.29, 0.717) is 5.92 Å². The van der Waals surface area contributed by atoms with Crippen LogP contribution in [0.15, 0.2) is 0 Å². The van der Waals surface area contributed by atoms with E-state index >= 15 is 0 Å². The van der Waals surface area contributed by atoms with Crippen molar-refractivity contribution in [1.82, 2.24) is 0 Å². The highest BCUT2D eigenvalue weighted by Crippen LogP contribution is 2.60. The van der Waals surface area contributed by atoms with Crippen LogP contribution in [-0.4, -0.2) is 10.7 Å². The van der Waals surface area contributed by atoms with Crippen molar-refractivity contribution in [3.8, 4) is 0 Å². The van der Waals surface area contributed by atoms with E-state index in [9.17, 15) is 5.11 Å². The van der Waals surface area contributed by atoms with Gasteiger partial charge in [-0.15, -0.1) is 0 Å². The lowest BCUT2D eigenvalue weighted by Crippen LogP contribution is -2.61. The number of aliphatic hydroxyl groups is 1. The largest absolute Gasteiger partial charge is 0.389 e. The number of hydrogen-bond donors (Lipinski definition) is 1. The average molecular weight is 154 g/mol. The van der Waals surface area contributed by atoms with Crippen LogP contribution in [0.5, 0.6) is 0 Å². The van der Waals surface area contributed by atoms with Crippen LogP contribution in [0.2, 0.25) is 0 Å². The van der Waals surface area contributed by atoms with Gasteiger partial charge < -0.3 is 5.11 Å². The summed E-state index contributed by atoms with van der Waals surface area (Å²) in [6.07, 6.45) is 3.45. The van der Waals surface area contributed by atoms with Crippen LogP contribution in [-0.2, 0) is 0 Å². The molecule has 3 saturated carbocycles. The molecule has 0 aromatic heterocycles. The Hall–Kier alpha value is -0.0400. The van der Waals surface area contributed by atoms with Crippen molar-refractivity contribution in [2.45, 2.75) is 45.6 Å². The topological polar surface area (TPSA) is 20.2 Å². The van der Waals surface area contributed by atoms with Gasteiger partial charge in [0.25, 0.3) is 0 Å². The van der Waals surface area contributed by atoms with Gasteiger partial charge in [0, 0.05) is 0 Å². The van der Waals surface area contributed by atoms with Crippen molar-refractivity contribution in [2.75, 3.05) is 0 Å². The maximum Gasteiger partial charge on any atom is 0.0706 e. The zero-order valence-electron chi connectivity index (χ0n) is 7.72. The highest BCUT2D eigenvalue weighted by Gasteiger charge is 2.59. The van der Waals surface area contributed by atoms with Gasteiger partial charge in [-0.1, -0.05) is 20.8 Å². The van der Waals surface area contributed by atoms with Crippen LogP contribution in [0.1, 0.15) is 40.0 Å². The molecule has 1 unspecified atom stereocenters. The van der Waals surface area contributed by atoms with Gasteiger partial charge in [0.15, 0.2) is 0 Å². The SMILES string of the molecule is CC1CC2CC(O)(C2)C1(C)C. The summed E-state index contributed by atoms with van der Waals surface area (Å²) < 4.78 is 0. The van der Waals surface area contributed by atoms with E-state index < -0.39 is 0 Å². The lowest BCUT2D eigenvalue weighted by atomic mass is 9.47. The van der Waals surface area contributed by atoms with Gasteiger partial charge >= 0.3 is 0 Å². The second kappa shape index (κ2) is 1.82. The van der Waals surface area contributed by atoms with Crippen molar-refractivity contribution in [3.05, 3.63) is 0 Å². The molecule has 3 aliphatic carbocycles. The molecule has 3 fully saturated rings. The first-order valence-electron chi connectivity index (χ1n) is 4.68. The number of rotatable bonds is 0. The number of fused-ring (bicyclic) bond motifs is 2. The average Bonchev–Trinajstić information content (AvgIpc) is 1.79. The highest BCUT2D eigenvalue weighted by atomic mass is 16.3. The molecule has 0 amide bonds. The van der Waals surface area contributed by atoms with E-state index in [1.807, 2.05) is 0 Å². The fourth-order valence-electron chi connectivity index (χ4n) is 2.84. The minimum Gasteiger partial charge on any atom is -0.389 e. The molecule has 3 rings (SSSR count). The van der Waals surface area contributed by atoms with Crippen molar-refractivity contribution >= 4 is 0 Å². The Morgan fingerprint density at radius 2 is 1.82 bits per heavy atom. The maximum absolute atomic E-state index is 10.1. The minimum absolute atomic E-state index is 0.155. The summed E-state index contributed by atoms with van der Waals surface area (Å²) in [6, 6.07) is 0. The molecule has 0 aromatic carbocycles. The lowest BCUT2D eigenvalue weighted by molar-refractivity contribution is -0.214. The molecule has 1 nitrogen and oxygen atoms in total. The van der Waals surface area contributed by atoms with Crippen molar-refractivity contribution in [3.63, 3.8) is 0 Å². The summed E-state index contributed by atoms with van der Waals surface area (Å²) in [5, 5.41) is 10.1. The maximum atomic E-state index is 10.1. The van der Waals surface area contributed by atoms with Crippen LogP contribution in [0.25, 0.3) is 0 Å². The Bertz CT molecular complexity index is 175. The van der Waals surface area contributed by atoms with Gasteiger partial charge in [0.1, 0.15) is 0 Å². The standard InChI is InChI=1S/C10H18O/c1-7-4-8-5-10(11,6-8)9(7,2)3/h7-8,11H,4-6H2,1-3H3. The third-order valence-electron chi connectivity index (χ3n) is 4.37. The van der Waals surface area contributed by atoms with Gasteiger partial charge in [0.05, 0.1) is 5.60 Å². The Kier molecular flexibility index (Phi) is 1.26. The molecule has 11 heavy (non-hydrogen) atoms. The van der Waals surface area contributed by atoms with E-state index in [1.54, 1.807) is 0 Å². The Labute approximate surface area is 68.8 Å². The van der Waals surface area contributed by atoms with Gasteiger partial charge in [0.2, 0.25) is 0 Å². The molecule has 0 radical (unpaired) electrons. The second-order valence-corrected chi connectivity index (χ2v) is 5.16. The first-order valence-corrected chi connectivity index (χ1v) is 4.68. The molecule has 0 saturated heterocycles. The molecule has 0 aliphatic heterocycles. The second-order valence-electron chi connectivity index (χ2n) is 5.16. The third-order valence-corrected chi connectivity index (χ3v) is 4.37. The predicted molar refractivity (Wildman–Crippen MR) is 45.2 cm³/mol. The van der Waals surface area contributed by atoms with E-state index in [0.717, 1.165) is 18.8 Å². The lowest BCUT2D eigenvalue weighted by Gasteiger charge is -2.61. The molecule has 1 atom stereocenters. The van der Waals surface area contributed by atoms with E-state index in [-0.39, 0.29) is 11.0 Å². The molecule has 0 heterocycles. The zero-order valence-corrected chi connectivity index (χ0v) is 7.72. The van der Waals surface area contributed by atoms with Gasteiger partial charge in [-0.05, 0) is 36.5 Å². The molecule has 0 spiro atoms. The molecular formula is C10H18O. The van der Waals surface area contributed by atoms with Gasteiger partial charge in [-0.25, -0.2) is 0 Å². The summed E-state index contributed by atoms with van der Waals surface area (Å²) in [7, 11) is 0. The third kappa shape index (κ3) is 0.752. The van der Waals surface area contributed by atoms with Crippen LogP contribution < -0.4 is 0 Å². The van der Waals surface area contributed by atoms with Crippen LogP contribution in [0, 0.1) is 17.3 Å². The van der Waals surface area contributed by atoms with Crippen LogP contribution in [0.4, 0.5) is 0 Å². The fourth-order valence-corrected chi connectivity index (χ4v) is 2.84. The first-order chi connectivity index (χ1) is 4.96. The smallest absolute Gasteiger partial charge is 0.0706 e. The van der Waals surface area contributed by atoms with Gasteiger partial charge in [-0.2, -0.15) is 0 Å². The number of hydrogen-bond acceptors (Lipinski definition) is 1. The summed E-state index contributed by atoms with van der Waals surface area (Å²) >= 11 is 0. The molecule has 2 bridgehead atoms. The van der Waals surface area contributed by atoms with Crippen LogP contribution >= 0.6 is 0 Å². The molecule has 64 valence electrons. The fraction of sp³-hybridized carbons (Fsp3) is 1.00. The Morgan fingerprint density at radius 1 is 1.27 bits per heavy atom. The first kappa shape index (κ1) is 7.60. The summed E-state index contributed by atoms with van der Waals surface area (Å²) in [5.41, 5.74) is -0.156. The normalized spacial score (nSPS) is 53.5. The monoisotopic (exact) mass is 154 g/mol. The minimum atomic E-state index is -0.310. The Balaban J connectivity index is 2.26. The van der Waals surface area contributed by atoms with Crippen molar-refractivity contribution < 1.29 is 5.11 Å². The molecular weight excluding hydrogens is 136 g/mol. The van der Waals surface area contributed by atoms with Crippen molar-refractivity contribution in [1.29, 1.82) is 0 Å².